The Balaban J connectivity index is 2.46. The highest BCUT2D eigenvalue weighted by atomic mass is 14.9. The summed E-state index contributed by atoms with van der Waals surface area (Å²) < 4.78 is 0. The number of dihydropyridines is 1. The van der Waals surface area contributed by atoms with Crippen LogP contribution >= 0.6 is 0 Å². The Morgan fingerprint density at radius 2 is 2.27 bits per heavy atom. The van der Waals surface area contributed by atoms with Gasteiger partial charge in [0.2, 0.25) is 0 Å². The third-order valence-corrected chi connectivity index (χ3v) is 2.01. The quantitative estimate of drug-likeness (QED) is 0.697. The number of rotatable bonds is 1. The summed E-state index contributed by atoms with van der Waals surface area (Å²) in [5.74, 6) is 0. The molecule has 0 atom stereocenters. The van der Waals surface area contributed by atoms with Gasteiger partial charge in [0.1, 0.15) is 11.6 Å². The average molecular weight is 195 g/mol. The lowest BCUT2D eigenvalue weighted by Crippen LogP contribution is -2.07. The minimum absolute atomic E-state index is 0.552. The Morgan fingerprint density at radius 3 is 2.87 bits per heavy atom. The maximum atomic E-state index is 9.09. The topological polar surface area (TPSA) is 48.7 Å². The van der Waals surface area contributed by atoms with Crippen LogP contribution in [0.4, 0.5) is 0 Å². The molecule has 0 saturated carbocycles. The van der Waals surface area contributed by atoms with Crippen molar-refractivity contribution < 1.29 is 0 Å². The largest absolute Gasteiger partial charge is 0.361 e. The Hall–Kier alpha value is -2.34. The van der Waals surface area contributed by atoms with E-state index < -0.39 is 0 Å². The SMILES string of the molecule is N#C/C(=C1\C=CC=CN1)c1ccccn1. The van der Waals surface area contributed by atoms with Gasteiger partial charge in [-0.25, -0.2) is 0 Å². The highest BCUT2D eigenvalue weighted by Gasteiger charge is 2.07. The predicted molar refractivity (Wildman–Crippen MR) is 58.2 cm³/mol. The summed E-state index contributed by atoms with van der Waals surface area (Å²) in [6, 6.07) is 7.67. The van der Waals surface area contributed by atoms with E-state index in [1.807, 2.05) is 36.4 Å². The van der Waals surface area contributed by atoms with E-state index in [0.29, 0.717) is 11.3 Å². The van der Waals surface area contributed by atoms with Crippen molar-refractivity contribution in [1.29, 1.82) is 5.26 Å². The molecule has 0 radical (unpaired) electrons. The first-order valence-corrected chi connectivity index (χ1v) is 4.57. The van der Waals surface area contributed by atoms with Crippen LogP contribution in [0.25, 0.3) is 5.57 Å². The second-order valence-corrected chi connectivity index (χ2v) is 2.98. The van der Waals surface area contributed by atoms with Gasteiger partial charge in [-0.05, 0) is 24.3 Å². The van der Waals surface area contributed by atoms with E-state index >= 15 is 0 Å². The van der Waals surface area contributed by atoms with E-state index in [9.17, 15) is 0 Å². The molecule has 0 saturated heterocycles. The molecule has 0 fully saturated rings. The van der Waals surface area contributed by atoms with Crippen LogP contribution in [-0.4, -0.2) is 4.98 Å². The van der Waals surface area contributed by atoms with Crippen molar-refractivity contribution in [3.63, 3.8) is 0 Å². The van der Waals surface area contributed by atoms with Gasteiger partial charge in [0.25, 0.3) is 0 Å². The molecule has 1 aliphatic rings. The number of aromatic nitrogens is 1. The first-order chi connectivity index (χ1) is 7.42. The van der Waals surface area contributed by atoms with Crippen LogP contribution in [0, 0.1) is 11.3 Å². The molecule has 0 aliphatic carbocycles. The van der Waals surface area contributed by atoms with E-state index in [1.54, 1.807) is 12.4 Å². The molecule has 72 valence electrons. The zero-order chi connectivity index (χ0) is 10.5. The van der Waals surface area contributed by atoms with Gasteiger partial charge in [0, 0.05) is 12.4 Å². The lowest BCUT2D eigenvalue weighted by molar-refractivity contribution is 1.09. The molecule has 2 heterocycles. The minimum Gasteiger partial charge on any atom is -0.361 e. The monoisotopic (exact) mass is 195 g/mol. The molecule has 3 nitrogen and oxygen atoms in total. The number of allylic oxidation sites excluding steroid dienone is 4. The van der Waals surface area contributed by atoms with Gasteiger partial charge in [0.05, 0.1) is 11.4 Å². The fourth-order valence-corrected chi connectivity index (χ4v) is 1.31. The number of nitrogens with one attached hydrogen (secondary N) is 1. The van der Waals surface area contributed by atoms with E-state index in [2.05, 4.69) is 16.4 Å². The second kappa shape index (κ2) is 4.25. The van der Waals surface area contributed by atoms with Crippen LogP contribution < -0.4 is 5.32 Å². The van der Waals surface area contributed by atoms with Crippen molar-refractivity contribution in [1.82, 2.24) is 10.3 Å². The Bertz CT molecular complexity index is 475. The van der Waals surface area contributed by atoms with Crippen LogP contribution in [0.3, 0.4) is 0 Å². The number of hydrogen-bond acceptors (Lipinski definition) is 3. The molecular formula is C12H9N3. The number of nitrogens with zero attached hydrogens (tertiary/aromatic N) is 2. The first-order valence-electron chi connectivity index (χ1n) is 4.57. The maximum absolute atomic E-state index is 9.09. The first kappa shape index (κ1) is 9.22. The molecule has 1 aromatic rings. The number of hydrogen-bond donors (Lipinski definition) is 1. The fourth-order valence-electron chi connectivity index (χ4n) is 1.31. The summed E-state index contributed by atoms with van der Waals surface area (Å²) in [7, 11) is 0. The molecule has 15 heavy (non-hydrogen) atoms. The highest BCUT2D eigenvalue weighted by Crippen LogP contribution is 2.16. The van der Waals surface area contributed by atoms with Gasteiger partial charge in [-0.2, -0.15) is 5.26 Å². The van der Waals surface area contributed by atoms with Crippen molar-refractivity contribution in [2.75, 3.05) is 0 Å². The van der Waals surface area contributed by atoms with Gasteiger partial charge in [0.15, 0.2) is 0 Å². The van der Waals surface area contributed by atoms with Crippen molar-refractivity contribution >= 4 is 5.57 Å². The summed E-state index contributed by atoms with van der Waals surface area (Å²) >= 11 is 0. The van der Waals surface area contributed by atoms with E-state index in [1.165, 1.54) is 0 Å². The standard InChI is InChI=1S/C12H9N3/c13-9-10(11-5-1-3-7-14-11)12-6-2-4-8-15-12/h1-8,14H/b11-10-. The lowest BCUT2D eigenvalue weighted by Gasteiger charge is -2.08. The van der Waals surface area contributed by atoms with Crippen LogP contribution in [0.15, 0.2) is 54.5 Å². The number of pyridine rings is 1. The third kappa shape index (κ3) is 1.94. The zero-order valence-electron chi connectivity index (χ0n) is 8.01. The molecule has 0 aromatic carbocycles. The van der Waals surface area contributed by atoms with E-state index in [4.69, 9.17) is 5.26 Å². The zero-order valence-corrected chi connectivity index (χ0v) is 8.01. The summed E-state index contributed by atoms with van der Waals surface area (Å²) in [6.07, 6.45) is 9.07. The van der Waals surface area contributed by atoms with Gasteiger partial charge < -0.3 is 5.32 Å². The Labute approximate surface area is 88.1 Å². The van der Waals surface area contributed by atoms with Gasteiger partial charge in [-0.1, -0.05) is 12.1 Å². The lowest BCUT2D eigenvalue weighted by atomic mass is 10.1. The van der Waals surface area contributed by atoms with Crippen LogP contribution in [0.2, 0.25) is 0 Å². The van der Waals surface area contributed by atoms with Crippen LogP contribution in [0.1, 0.15) is 5.69 Å². The molecule has 3 heteroatoms. The molecule has 0 spiro atoms. The summed E-state index contributed by atoms with van der Waals surface area (Å²) in [6.45, 7) is 0. The molecule has 1 aliphatic heterocycles. The molecule has 2 rings (SSSR count). The van der Waals surface area contributed by atoms with Crippen LogP contribution in [0.5, 0.6) is 0 Å². The highest BCUT2D eigenvalue weighted by molar-refractivity contribution is 5.79. The summed E-state index contributed by atoms with van der Waals surface area (Å²) in [5, 5.41) is 12.1. The van der Waals surface area contributed by atoms with E-state index in [-0.39, 0.29) is 0 Å². The van der Waals surface area contributed by atoms with Gasteiger partial charge >= 0.3 is 0 Å². The predicted octanol–water partition coefficient (Wildman–Crippen LogP) is 1.99. The van der Waals surface area contributed by atoms with Crippen molar-refractivity contribution in [2.45, 2.75) is 0 Å². The normalized spacial score (nSPS) is 16.7. The minimum atomic E-state index is 0.552. The molecule has 1 aromatic heterocycles. The Morgan fingerprint density at radius 1 is 1.33 bits per heavy atom. The summed E-state index contributed by atoms with van der Waals surface area (Å²) in [5.41, 5.74) is 2.01. The number of nitriles is 1. The van der Waals surface area contributed by atoms with Crippen molar-refractivity contribution in [2.24, 2.45) is 0 Å². The van der Waals surface area contributed by atoms with Crippen molar-refractivity contribution in [3.8, 4) is 6.07 Å². The fraction of sp³-hybridized carbons (Fsp3) is 0. The maximum Gasteiger partial charge on any atom is 0.104 e. The smallest absolute Gasteiger partial charge is 0.104 e. The molecular weight excluding hydrogens is 186 g/mol. The second-order valence-electron chi connectivity index (χ2n) is 2.98. The van der Waals surface area contributed by atoms with Gasteiger partial charge in [-0.3, -0.25) is 4.98 Å². The Kier molecular flexibility index (Phi) is 2.61. The third-order valence-electron chi connectivity index (χ3n) is 2.01. The summed E-state index contributed by atoms with van der Waals surface area (Å²) in [4.78, 5) is 4.15. The molecule has 0 amide bonds. The van der Waals surface area contributed by atoms with Crippen LogP contribution in [-0.2, 0) is 0 Å². The molecule has 0 unspecified atom stereocenters. The average Bonchev–Trinajstić information content (AvgIpc) is 2.33. The van der Waals surface area contributed by atoms with Gasteiger partial charge in [-0.15, -0.1) is 0 Å². The van der Waals surface area contributed by atoms with Crippen molar-refractivity contribution in [3.05, 3.63) is 60.2 Å². The molecule has 1 N–H and O–H groups in total. The molecule has 0 bridgehead atoms. The van der Waals surface area contributed by atoms with E-state index in [0.717, 1.165) is 5.70 Å².